The number of benzene rings is 1. The SMILES string of the molecule is CCCCCn1c(C)c(C(=O)Nc2c(C)cccc2CC)c(=O)c(CC)c1CC. The van der Waals surface area contributed by atoms with Crippen molar-refractivity contribution in [2.75, 3.05) is 5.32 Å². The normalized spacial score (nSPS) is 11.0. The Morgan fingerprint density at radius 3 is 2.31 bits per heavy atom. The standard InChI is InChI=1S/C25H36N2O2/c1-7-11-12-16-27-18(6)22(24(28)20(9-3)21(27)10-4)25(29)26-23-17(5)14-13-15-19(23)8-2/h13-15H,7-12,16H2,1-6H3,(H,26,29). The van der Waals surface area contributed by atoms with E-state index < -0.39 is 0 Å². The van der Waals surface area contributed by atoms with Gasteiger partial charge in [-0.3, -0.25) is 9.59 Å². The zero-order chi connectivity index (χ0) is 21.6. The van der Waals surface area contributed by atoms with Crippen LogP contribution in [0.15, 0.2) is 23.0 Å². The molecule has 29 heavy (non-hydrogen) atoms. The molecule has 0 atom stereocenters. The van der Waals surface area contributed by atoms with Gasteiger partial charge in [0.05, 0.1) is 0 Å². The molecule has 2 rings (SSSR count). The maximum atomic E-state index is 13.3. The highest BCUT2D eigenvalue weighted by molar-refractivity contribution is 6.06. The number of aromatic nitrogens is 1. The first-order valence-electron chi connectivity index (χ1n) is 11.1. The highest BCUT2D eigenvalue weighted by atomic mass is 16.2. The Bertz CT molecular complexity index is 925. The molecular weight excluding hydrogens is 360 g/mol. The van der Waals surface area contributed by atoms with Crippen LogP contribution in [0.5, 0.6) is 0 Å². The summed E-state index contributed by atoms with van der Waals surface area (Å²) in [7, 11) is 0. The number of para-hydroxylation sites is 1. The van der Waals surface area contributed by atoms with E-state index in [2.05, 4.69) is 30.7 Å². The summed E-state index contributed by atoms with van der Waals surface area (Å²) in [6, 6.07) is 6.01. The summed E-state index contributed by atoms with van der Waals surface area (Å²) in [6.45, 7) is 13.1. The van der Waals surface area contributed by atoms with E-state index in [0.717, 1.165) is 72.4 Å². The van der Waals surface area contributed by atoms with E-state index in [-0.39, 0.29) is 11.3 Å². The number of anilines is 1. The maximum absolute atomic E-state index is 13.3. The number of carbonyl (C=O) groups is 1. The van der Waals surface area contributed by atoms with Gasteiger partial charge in [0.1, 0.15) is 5.56 Å². The molecule has 0 bridgehead atoms. The van der Waals surface area contributed by atoms with Gasteiger partial charge in [0, 0.05) is 29.2 Å². The smallest absolute Gasteiger partial charge is 0.261 e. The van der Waals surface area contributed by atoms with Gasteiger partial charge in [-0.2, -0.15) is 0 Å². The van der Waals surface area contributed by atoms with Crippen LogP contribution in [-0.2, 0) is 25.8 Å². The van der Waals surface area contributed by atoms with E-state index >= 15 is 0 Å². The predicted molar refractivity (Wildman–Crippen MR) is 122 cm³/mol. The Kier molecular flexibility index (Phi) is 8.24. The number of carbonyl (C=O) groups excluding carboxylic acids is 1. The van der Waals surface area contributed by atoms with Gasteiger partial charge in [-0.25, -0.2) is 0 Å². The number of nitrogens with zero attached hydrogens (tertiary/aromatic N) is 1. The van der Waals surface area contributed by atoms with Gasteiger partial charge >= 0.3 is 0 Å². The van der Waals surface area contributed by atoms with Crippen molar-refractivity contribution >= 4 is 11.6 Å². The molecule has 0 aliphatic carbocycles. The Hall–Kier alpha value is -2.36. The number of nitrogens with one attached hydrogen (secondary N) is 1. The van der Waals surface area contributed by atoms with Gasteiger partial charge in [0.15, 0.2) is 5.43 Å². The van der Waals surface area contributed by atoms with Crippen LogP contribution >= 0.6 is 0 Å². The lowest BCUT2D eigenvalue weighted by molar-refractivity contribution is 0.102. The number of hydrogen-bond acceptors (Lipinski definition) is 2. The number of rotatable bonds is 9. The van der Waals surface area contributed by atoms with Gasteiger partial charge < -0.3 is 9.88 Å². The summed E-state index contributed by atoms with van der Waals surface area (Å²) < 4.78 is 2.21. The summed E-state index contributed by atoms with van der Waals surface area (Å²) in [5.74, 6) is -0.293. The largest absolute Gasteiger partial charge is 0.348 e. The van der Waals surface area contributed by atoms with Crippen LogP contribution in [0.2, 0.25) is 0 Å². The monoisotopic (exact) mass is 396 g/mol. The Labute approximate surface area is 175 Å². The summed E-state index contributed by atoms with van der Waals surface area (Å²) in [6.07, 6.45) is 5.59. The van der Waals surface area contributed by atoms with E-state index in [0.29, 0.717) is 12.0 Å². The third-order valence-corrected chi connectivity index (χ3v) is 5.82. The number of amides is 1. The topological polar surface area (TPSA) is 51.1 Å². The summed E-state index contributed by atoms with van der Waals surface area (Å²) in [5, 5.41) is 3.06. The first-order chi connectivity index (χ1) is 13.9. The van der Waals surface area contributed by atoms with Crippen LogP contribution in [0.25, 0.3) is 0 Å². The molecule has 158 valence electrons. The van der Waals surface area contributed by atoms with Gasteiger partial charge in [-0.05, 0) is 50.7 Å². The van der Waals surface area contributed by atoms with Crippen molar-refractivity contribution in [3.8, 4) is 0 Å². The van der Waals surface area contributed by atoms with Crippen molar-refractivity contribution in [3.05, 3.63) is 62.1 Å². The molecule has 2 aromatic rings. The highest BCUT2D eigenvalue weighted by Crippen LogP contribution is 2.23. The van der Waals surface area contributed by atoms with Crippen molar-refractivity contribution in [2.24, 2.45) is 0 Å². The average molecular weight is 397 g/mol. The number of unbranched alkanes of at least 4 members (excludes halogenated alkanes) is 2. The van der Waals surface area contributed by atoms with Gasteiger partial charge in [-0.15, -0.1) is 0 Å². The van der Waals surface area contributed by atoms with Gasteiger partial charge in [0.25, 0.3) is 5.91 Å². The van der Waals surface area contributed by atoms with Gasteiger partial charge in [-0.1, -0.05) is 58.7 Å². The van der Waals surface area contributed by atoms with Crippen molar-refractivity contribution < 1.29 is 4.79 Å². The third kappa shape index (κ3) is 4.80. The van der Waals surface area contributed by atoms with Crippen LogP contribution in [-0.4, -0.2) is 10.5 Å². The average Bonchev–Trinajstić information content (AvgIpc) is 2.70. The van der Waals surface area contributed by atoms with Crippen LogP contribution in [0.3, 0.4) is 0 Å². The van der Waals surface area contributed by atoms with E-state index in [1.54, 1.807) is 0 Å². The highest BCUT2D eigenvalue weighted by Gasteiger charge is 2.23. The second kappa shape index (κ2) is 10.4. The van der Waals surface area contributed by atoms with Gasteiger partial charge in [0.2, 0.25) is 0 Å². The van der Waals surface area contributed by atoms with Crippen molar-refractivity contribution in [3.63, 3.8) is 0 Å². The second-order valence-corrected chi connectivity index (χ2v) is 7.70. The summed E-state index contributed by atoms with van der Waals surface area (Å²) in [5.41, 5.74) is 5.74. The maximum Gasteiger partial charge on any atom is 0.261 e. The molecule has 0 aliphatic heterocycles. The van der Waals surface area contributed by atoms with E-state index in [9.17, 15) is 9.59 Å². The molecule has 0 saturated carbocycles. The fourth-order valence-electron chi connectivity index (χ4n) is 4.18. The summed E-state index contributed by atoms with van der Waals surface area (Å²) >= 11 is 0. The second-order valence-electron chi connectivity index (χ2n) is 7.70. The summed E-state index contributed by atoms with van der Waals surface area (Å²) in [4.78, 5) is 26.6. The first-order valence-corrected chi connectivity index (χ1v) is 11.1. The van der Waals surface area contributed by atoms with Crippen LogP contribution in [0.1, 0.15) is 85.4 Å². The molecule has 1 aromatic heterocycles. The zero-order valence-corrected chi connectivity index (χ0v) is 18.9. The Balaban J connectivity index is 2.58. The quantitative estimate of drug-likeness (QED) is 0.561. The minimum absolute atomic E-state index is 0.113. The number of hydrogen-bond donors (Lipinski definition) is 1. The molecule has 0 saturated heterocycles. The molecule has 1 amide bonds. The fourth-order valence-corrected chi connectivity index (χ4v) is 4.18. The third-order valence-electron chi connectivity index (χ3n) is 5.82. The van der Waals surface area contributed by atoms with Crippen molar-refractivity contribution in [2.45, 2.75) is 86.6 Å². The Morgan fingerprint density at radius 2 is 1.72 bits per heavy atom. The van der Waals surface area contributed by atoms with Crippen molar-refractivity contribution in [1.82, 2.24) is 4.57 Å². The van der Waals surface area contributed by atoms with E-state index in [1.807, 2.05) is 39.0 Å². The fraction of sp³-hybridized carbons (Fsp3) is 0.520. The molecule has 0 aliphatic rings. The van der Waals surface area contributed by atoms with Crippen LogP contribution in [0, 0.1) is 13.8 Å². The molecule has 4 heteroatoms. The number of aryl methyl sites for hydroxylation is 2. The van der Waals surface area contributed by atoms with E-state index in [1.165, 1.54) is 0 Å². The minimum Gasteiger partial charge on any atom is -0.348 e. The van der Waals surface area contributed by atoms with Crippen LogP contribution < -0.4 is 10.7 Å². The molecule has 0 spiro atoms. The van der Waals surface area contributed by atoms with Crippen molar-refractivity contribution in [1.29, 1.82) is 0 Å². The molecule has 1 N–H and O–H groups in total. The van der Waals surface area contributed by atoms with Crippen LogP contribution in [0.4, 0.5) is 5.69 Å². The molecule has 0 radical (unpaired) electrons. The number of pyridine rings is 1. The molecule has 0 fully saturated rings. The lowest BCUT2D eigenvalue weighted by Gasteiger charge is -2.22. The first kappa shape index (κ1) is 22.9. The lowest BCUT2D eigenvalue weighted by atomic mass is 10.00. The lowest BCUT2D eigenvalue weighted by Crippen LogP contribution is -2.31. The molecule has 4 nitrogen and oxygen atoms in total. The Morgan fingerprint density at radius 1 is 1.00 bits per heavy atom. The molecule has 0 unspecified atom stereocenters. The molecule has 1 aromatic carbocycles. The minimum atomic E-state index is -0.293. The van der Waals surface area contributed by atoms with E-state index in [4.69, 9.17) is 0 Å². The molecular formula is C25H36N2O2. The molecule has 1 heterocycles. The zero-order valence-electron chi connectivity index (χ0n) is 18.9. The predicted octanol–water partition coefficient (Wildman–Crippen LogP) is 5.59.